The minimum absolute atomic E-state index is 0.0252. The van der Waals surface area contributed by atoms with Gasteiger partial charge < -0.3 is 15.1 Å². The van der Waals surface area contributed by atoms with E-state index >= 15 is 0 Å². The third kappa shape index (κ3) is 5.87. The summed E-state index contributed by atoms with van der Waals surface area (Å²) in [6.07, 6.45) is 8.50. The van der Waals surface area contributed by atoms with Crippen molar-refractivity contribution in [1.29, 1.82) is 0 Å². The van der Waals surface area contributed by atoms with Gasteiger partial charge in [-0.25, -0.2) is 4.98 Å². The summed E-state index contributed by atoms with van der Waals surface area (Å²) >= 11 is 1.79. The maximum Gasteiger partial charge on any atom is 0.222 e. The summed E-state index contributed by atoms with van der Waals surface area (Å²) in [6.45, 7) is 9.99. The molecule has 2 aromatic heterocycles. The molecule has 0 spiro atoms. The fourth-order valence-electron chi connectivity index (χ4n) is 6.10. The van der Waals surface area contributed by atoms with Crippen LogP contribution < -0.4 is 10.2 Å². The maximum atomic E-state index is 13.2. The van der Waals surface area contributed by atoms with E-state index in [9.17, 15) is 4.79 Å². The van der Waals surface area contributed by atoms with Crippen molar-refractivity contribution >= 4 is 33.8 Å². The minimum Gasteiger partial charge on any atom is -0.368 e. The zero-order valence-corrected chi connectivity index (χ0v) is 23.4. The third-order valence-electron chi connectivity index (χ3n) is 8.37. The van der Waals surface area contributed by atoms with Crippen molar-refractivity contribution in [3.8, 4) is 0 Å². The highest BCUT2D eigenvalue weighted by atomic mass is 32.1. The molecule has 8 heteroatoms. The van der Waals surface area contributed by atoms with Gasteiger partial charge in [0.15, 0.2) is 0 Å². The molecule has 6 rings (SSSR count). The Bertz CT molecular complexity index is 1250. The van der Waals surface area contributed by atoms with E-state index in [4.69, 9.17) is 9.97 Å². The number of aromatic nitrogens is 2. The Balaban J connectivity index is 1.17. The first-order valence-corrected chi connectivity index (χ1v) is 15.3. The van der Waals surface area contributed by atoms with Crippen LogP contribution >= 0.6 is 11.3 Å². The van der Waals surface area contributed by atoms with E-state index in [2.05, 4.69) is 50.5 Å². The van der Waals surface area contributed by atoms with Crippen LogP contribution in [0, 0.1) is 6.92 Å². The first-order valence-electron chi connectivity index (χ1n) is 14.4. The molecule has 38 heavy (non-hydrogen) atoms. The van der Waals surface area contributed by atoms with Gasteiger partial charge in [0.1, 0.15) is 0 Å². The number of pyridine rings is 1. The third-order valence-corrected chi connectivity index (χ3v) is 9.40. The standard InChI is InChI=1S/C30H40N6OS/c1-22-7-8-23-6-4-11-32-28(23)29(22)36-16-5-15-35(18-19-36)26(25-21-38-30(33-25)24-9-10-24)20-27(37)31-12-17-34-13-2-3-14-34/h4,6-8,11,21,24,26H,2-3,5,9-10,12-20H2,1H3,(H,31,37). The number of hydrogen-bond acceptors (Lipinski definition) is 7. The largest absolute Gasteiger partial charge is 0.368 e. The Morgan fingerprint density at radius 2 is 1.95 bits per heavy atom. The van der Waals surface area contributed by atoms with Crippen LogP contribution in [0.25, 0.3) is 10.9 Å². The lowest BCUT2D eigenvalue weighted by atomic mass is 10.1. The van der Waals surface area contributed by atoms with E-state index < -0.39 is 0 Å². The number of thiazole rings is 1. The SMILES string of the molecule is Cc1ccc2cccnc2c1N1CCCN(C(CC(=O)NCCN2CCCC2)c2csc(C3CC3)n2)CC1. The van der Waals surface area contributed by atoms with Crippen molar-refractivity contribution in [1.82, 2.24) is 25.1 Å². The smallest absolute Gasteiger partial charge is 0.222 e. The molecule has 202 valence electrons. The summed E-state index contributed by atoms with van der Waals surface area (Å²) in [5.74, 6) is 0.788. The van der Waals surface area contributed by atoms with Crippen LogP contribution in [0.1, 0.15) is 66.7 Å². The molecule has 0 bridgehead atoms. The Morgan fingerprint density at radius 3 is 2.79 bits per heavy atom. The summed E-state index contributed by atoms with van der Waals surface area (Å²) in [5, 5.41) is 7.88. The molecule has 0 radical (unpaired) electrons. The average molecular weight is 533 g/mol. The second kappa shape index (κ2) is 11.7. The van der Waals surface area contributed by atoms with E-state index in [0.29, 0.717) is 12.3 Å². The summed E-state index contributed by atoms with van der Waals surface area (Å²) in [7, 11) is 0. The molecule has 3 aromatic rings. The number of nitrogens with one attached hydrogen (secondary N) is 1. The zero-order valence-electron chi connectivity index (χ0n) is 22.6. The van der Waals surface area contributed by atoms with Crippen LogP contribution in [0.3, 0.4) is 0 Å². The van der Waals surface area contributed by atoms with Gasteiger partial charge in [-0.3, -0.25) is 14.7 Å². The number of rotatable bonds is 9. The molecule has 1 saturated carbocycles. The number of likely N-dealkylation sites (tertiary alicyclic amines) is 1. The Hall–Kier alpha value is -2.55. The number of amides is 1. The molecule has 1 amide bonds. The predicted molar refractivity (Wildman–Crippen MR) is 155 cm³/mol. The second-order valence-corrected chi connectivity index (χ2v) is 12.1. The minimum atomic E-state index is 0.0252. The van der Waals surface area contributed by atoms with E-state index in [-0.39, 0.29) is 11.9 Å². The Kier molecular flexibility index (Phi) is 7.90. The van der Waals surface area contributed by atoms with Crippen LogP contribution in [0.4, 0.5) is 5.69 Å². The first-order chi connectivity index (χ1) is 18.7. The number of benzene rings is 1. The van der Waals surface area contributed by atoms with Gasteiger partial charge in [-0.1, -0.05) is 18.2 Å². The van der Waals surface area contributed by atoms with Crippen LogP contribution in [-0.2, 0) is 4.79 Å². The quantitative estimate of drug-likeness (QED) is 0.430. The van der Waals surface area contributed by atoms with Gasteiger partial charge in [-0.2, -0.15) is 0 Å². The van der Waals surface area contributed by atoms with Gasteiger partial charge in [0.2, 0.25) is 5.91 Å². The lowest BCUT2D eigenvalue weighted by molar-refractivity contribution is -0.122. The fourth-order valence-corrected chi connectivity index (χ4v) is 7.14. The lowest BCUT2D eigenvalue weighted by Gasteiger charge is -2.30. The van der Waals surface area contributed by atoms with Crippen molar-refractivity contribution in [3.63, 3.8) is 0 Å². The highest BCUT2D eigenvalue weighted by Crippen LogP contribution is 2.42. The summed E-state index contributed by atoms with van der Waals surface area (Å²) in [4.78, 5) is 30.5. The molecular formula is C30H40N6OS. The molecular weight excluding hydrogens is 492 g/mol. The van der Waals surface area contributed by atoms with Gasteiger partial charge in [0.05, 0.1) is 27.9 Å². The molecule has 7 nitrogen and oxygen atoms in total. The number of aryl methyl sites for hydroxylation is 1. The van der Waals surface area contributed by atoms with Gasteiger partial charge in [-0.15, -0.1) is 11.3 Å². The highest BCUT2D eigenvalue weighted by molar-refractivity contribution is 7.09. The van der Waals surface area contributed by atoms with E-state index in [1.807, 2.05) is 12.3 Å². The monoisotopic (exact) mass is 532 g/mol. The normalized spacial score (nSPS) is 20.1. The average Bonchev–Trinajstić information content (AvgIpc) is 3.52. The number of carbonyl (C=O) groups is 1. The number of fused-ring (bicyclic) bond motifs is 1. The fraction of sp³-hybridized carbons (Fsp3) is 0.567. The summed E-state index contributed by atoms with van der Waals surface area (Å²) in [6, 6.07) is 8.57. The molecule has 1 atom stereocenters. The second-order valence-electron chi connectivity index (χ2n) is 11.2. The van der Waals surface area contributed by atoms with Crippen molar-refractivity contribution in [2.24, 2.45) is 0 Å². The van der Waals surface area contributed by atoms with E-state index in [1.165, 1.54) is 47.3 Å². The van der Waals surface area contributed by atoms with Crippen molar-refractivity contribution < 1.29 is 4.79 Å². The van der Waals surface area contributed by atoms with Crippen LogP contribution in [-0.4, -0.2) is 78.0 Å². The summed E-state index contributed by atoms with van der Waals surface area (Å²) < 4.78 is 0. The number of anilines is 1. The van der Waals surface area contributed by atoms with Crippen molar-refractivity contribution in [3.05, 3.63) is 52.1 Å². The molecule has 4 heterocycles. The van der Waals surface area contributed by atoms with E-state index in [1.54, 1.807) is 11.3 Å². The number of hydrogen-bond donors (Lipinski definition) is 1. The highest BCUT2D eigenvalue weighted by Gasteiger charge is 2.31. The van der Waals surface area contributed by atoms with Crippen LogP contribution in [0.2, 0.25) is 0 Å². The lowest BCUT2D eigenvalue weighted by Crippen LogP contribution is -2.38. The van der Waals surface area contributed by atoms with Crippen molar-refractivity contribution in [2.45, 2.75) is 57.4 Å². The zero-order chi connectivity index (χ0) is 25.9. The molecule has 1 aromatic carbocycles. The maximum absolute atomic E-state index is 13.2. The van der Waals surface area contributed by atoms with Gasteiger partial charge in [0.25, 0.3) is 0 Å². The van der Waals surface area contributed by atoms with Crippen LogP contribution in [0.5, 0.6) is 0 Å². The topological polar surface area (TPSA) is 64.6 Å². The predicted octanol–water partition coefficient (Wildman–Crippen LogP) is 4.73. The number of carbonyl (C=O) groups excluding carboxylic acids is 1. The van der Waals surface area contributed by atoms with E-state index in [0.717, 1.165) is 70.0 Å². The van der Waals surface area contributed by atoms with Gasteiger partial charge in [0, 0.05) is 68.6 Å². The van der Waals surface area contributed by atoms with Crippen molar-refractivity contribution in [2.75, 3.05) is 57.3 Å². The Morgan fingerprint density at radius 1 is 1.08 bits per heavy atom. The van der Waals surface area contributed by atoms with Crippen LogP contribution in [0.15, 0.2) is 35.8 Å². The first kappa shape index (κ1) is 25.7. The Labute approximate surface area is 230 Å². The summed E-state index contributed by atoms with van der Waals surface area (Å²) in [5.41, 5.74) is 4.70. The molecule has 1 N–H and O–H groups in total. The van der Waals surface area contributed by atoms with Gasteiger partial charge in [-0.05, 0) is 63.7 Å². The molecule has 2 saturated heterocycles. The molecule has 1 aliphatic carbocycles. The molecule has 2 aliphatic heterocycles. The molecule has 3 fully saturated rings. The van der Waals surface area contributed by atoms with Gasteiger partial charge >= 0.3 is 0 Å². The molecule has 1 unspecified atom stereocenters. The number of nitrogens with zero attached hydrogens (tertiary/aromatic N) is 5. The molecule has 3 aliphatic rings.